The molecule has 0 bridgehead atoms. The van der Waals surface area contributed by atoms with Gasteiger partial charge in [0.15, 0.2) is 5.69 Å². The van der Waals surface area contributed by atoms with Crippen LogP contribution in [-0.4, -0.2) is 15.7 Å². The molecule has 0 fully saturated rings. The lowest BCUT2D eigenvalue weighted by Gasteiger charge is -2.07. The van der Waals surface area contributed by atoms with Crippen molar-refractivity contribution in [3.05, 3.63) is 47.3 Å². The van der Waals surface area contributed by atoms with E-state index in [1.54, 1.807) is 11.7 Å². The first kappa shape index (κ1) is 13.3. The number of hydrogen-bond donors (Lipinski definition) is 1. The zero-order valence-electron chi connectivity index (χ0n) is 11.8. The molecule has 2 rings (SSSR count). The number of hydrogen-bond acceptors (Lipinski definition) is 2. The average Bonchev–Trinajstić information content (AvgIpc) is 2.69. The molecule has 0 saturated carbocycles. The first-order valence-electron chi connectivity index (χ1n) is 6.39. The number of anilines is 1. The quantitative estimate of drug-likeness (QED) is 0.918. The molecule has 2 aromatic rings. The molecule has 1 heterocycles. The van der Waals surface area contributed by atoms with Crippen LogP contribution >= 0.6 is 0 Å². The Bertz CT molecular complexity index is 582. The molecule has 1 N–H and O–H groups in total. The summed E-state index contributed by atoms with van der Waals surface area (Å²) in [6, 6.07) is 7.91. The van der Waals surface area contributed by atoms with Crippen LogP contribution in [-0.2, 0) is 7.05 Å². The fourth-order valence-electron chi connectivity index (χ4n) is 1.97. The number of aromatic nitrogens is 2. The van der Waals surface area contributed by atoms with Crippen LogP contribution in [0.5, 0.6) is 0 Å². The van der Waals surface area contributed by atoms with Gasteiger partial charge in [0.1, 0.15) is 0 Å². The molecule has 1 amide bonds. The number of carbonyl (C=O) groups is 1. The van der Waals surface area contributed by atoms with Crippen LogP contribution in [0.15, 0.2) is 30.5 Å². The third-order valence-electron chi connectivity index (χ3n) is 3.06. The van der Waals surface area contributed by atoms with Crippen LogP contribution in [0.25, 0.3) is 0 Å². The van der Waals surface area contributed by atoms with Gasteiger partial charge < -0.3 is 5.32 Å². The van der Waals surface area contributed by atoms with Crippen LogP contribution in [0.2, 0.25) is 0 Å². The summed E-state index contributed by atoms with van der Waals surface area (Å²) in [5.74, 6) is 0.318. The van der Waals surface area contributed by atoms with Gasteiger partial charge in [0.2, 0.25) is 0 Å². The monoisotopic (exact) mass is 257 g/mol. The van der Waals surface area contributed by atoms with Crippen molar-refractivity contribution in [2.24, 2.45) is 7.05 Å². The molecule has 0 saturated heterocycles. The molecule has 0 spiro atoms. The Morgan fingerprint density at radius 1 is 1.26 bits per heavy atom. The van der Waals surface area contributed by atoms with Crippen molar-refractivity contribution in [1.29, 1.82) is 0 Å². The van der Waals surface area contributed by atoms with Gasteiger partial charge in [-0.25, -0.2) is 0 Å². The van der Waals surface area contributed by atoms with E-state index in [0.29, 0.717) is 11.6 Å². The first-order chi connectivity index (χ1) is 8.97. The van der Waals surface area contributed by atoms with Crippen LogP contribution in [0.1, 0.15) is 41.4 Å². The van der Waals surface area contributed by atoms with Crippen LogP contribution < -0.4 is 5.32 Å². The maximum atomic E-state index is 12.1. The minimum Gasteiger partial charge on any atom is -0.321 e. The molecule has 0 aliphatic heterocycles. The smallest absolute Gasteiger partial charge is 0.276 e. The summed E-state index contributed by atoms with van der Waals surface area (Å²) in [6.07, 6.45) is 1.83. The normalized spacial score (nSPS) is 10.8. The van der Waals surface area contributed by atoms with E-state index in [-0.39, 0.29) is 5.91 Å². The van der Waals surface area contributed by atoms with Gasteiger partial charge >= 0.3 is 0 Å². The molecule has 1 aromatic carbocycles. The number of benzene rings is 1. The predicted octanol–water partition coefficient (Wildman–Crippen LogP) is 3.10. The summed E-state index contributed by atoms with van der Waals surface area (Å²) in [6.45, 7) is 6.17. The van der Waals surface area contributed by atoms with Crippen LogP contribution in [0.3, 0.4) is 0 Å². The van der Waals surface area contributed by atoms with Gasteiger partial charge in [0.25, 0.3) is 5.91 Å². The number of carbonyl (C=O) groups excluding carboxylic acids is 1. The Labute approximate surface area is 113 Å². The van der Waals surface area contributed by atoms with E-state index < -0.39 is 0 Å². The Hall–Kier alpha value is -2.10. The molecule has 1 aromatic heterocycles. The largest absolute Gasteiger partial charge is 0.321 e. The van der Waals surface area contributed by atoms with Crippen molar-refractivity contribution < 1.29 is 4.79 Å². The van der Waals surface area contributed by atoms with E-state index in [0.717, 1.165) is 11.3 Å². The highest BCUT2D eigenvalue weighted by Crippen LogP contribution is 2.17. The number of aryl methyl sites for hydroxylation is 2. The van der Waals surface area contributed by atoms with Crippen LogP contribution in [0, 0.1) is 6.92 Å². The van der Waals surface area contributed by atoms with Crippen molar-refractivity contribution in [3.63, 3.8) is 0 Å². The van der Waals surface area contributed by atoms with Gasteiger partial charge in [-0.15, -0.1) is 0 Å². The summed E-state index contributed by atoms with van der Waals surface area (Å²) in [7, 11) is 1.81. The average molecular weight is 257 g/mol. The van der Waals surface area contributed by atoms with Gasteiger partial charge in [-0.3, -0.25) is 9.48 Å². The maximum Gasteiger partial charge on any atom is 0.276 e. The van der Waals surface area contributed by atoms with E-state index in [2.05, 4.69) is 24.3 Å². The molecule has 4 nitrogen and oxygen atoms in total. The second-order valence-corrected chi connectivity index (χ2v) is 5.07. The predicted molar refractivity (Wildman–Crippen MR) is 76.4 cm³/mol. The van der Waals surface area contributed by atoms with Crippen LogP contribution in [0.4, 0.5) is 5.69 Å². The van der Waals surface area contributed by atoms with E-state index in [9.17, 15) is 4.79 Å². The Morgan fingerprint density at radius 2 is 1.89 bits per heavy atom. The molecule has 4 heteroatoms. The van der Waals surface area contributed by atoms with Gasteiger partial charge in [0, 0.05) is 24.5 Å². The van der Waals surface area contributed by atoms with E-state index in [1.807, 2.05) is 37.4 Å². The fourth-order valence-corrected chi connectivity index (χ4v) is 1.97. The van der Waals surface area contributed by atoms with Crippen molar-refractivity contribution in [2.75, 3.05) is 5.32 Å². The fraction of sp³-hybridized carbons (Fsp3) is 0.333. The standard InChI is InChI=1S/C15H19N3O/c1-10(2)12-5-7-13(8-6-12)16-15(19)14-11(3)9-18(4)17-14/h5-10H,1-4H3,(H,16,19). The minimum atomic E-state index is -0.171. The Kier molecular flexibility index (Phi) is 3.69. The second kappa shape index (κ2) is 5.26. The topological polar surface area (TPSA) is 46.9 Å². The van der Waals surface area contributed by atoms with Crippen molar-refractivity contribution in [1.82, 2.24) is 9.78 Å². The molecular formula is C15H19N3O. The molecular weight excluding hydrogens is 238 g/mol. The van der Waals surface area contributed by atoms with Gasteiger partial charge in [-0.2, -0.15) is 5.10 Å². The molecule has 0 atom stereocenters. The molecule has 100 valence electrons. The lowest BCUT2D eigenvalue weighted by Crippen LogP contribution is -2.14. The molecule has 0 radical (unpaired) electrons. The number of nitrogens with one attached hydrogen (secondary N) is 1. The summed E-state index contributed by atoms with van der Waals surface area (Å²) in [5.41, 5.74) is 3.39. The Balaban J connectivity index is 2.13. The highest BCUT2D eigenvalue weighted by molar-refractivity contribution is 6.03. The molecule has 0 unspecified atom stereocenters. The summed E-state index contributed by atoms with van der Waals surface area (Å²) < 4.78 is 1.64. The number of rotatable bonds is 3. The SMILES string of the molecule is Cc1cn(C)nc1C(=O)Nc1ccc(C(C)C)cc1. The summed E-state index contributed by atoms with van der Waals surface area (Å²) in [4.78, 5) is 12.1. The Morgan fingerprint density at radius 3 is 2.37 bits per heavy atom. The summed E-state index contributed by atoms with van der Waals surface area (Å²) in [5, 5.41) is 7.02. The van der Waals surface area contributed by atoms with Gasteiger partial charge in [-0.05, 0) is 30.5 Å². The van der Waals surface area contributed by atoms with Gasteiger partial charge in [-0.1, -0.05) is 26.0 Å². The molecule has 0 aliphatic carbocycles. The third-order valence-corrected chi connectivity index (χ3v) is 3.06. The maximum absolute atomic E-state index is 12.1. The van der Waals surface area contributed by atoms with E-state index in [4.69, 9.17) is 0 Å². The lowest BCUT2D eigenvalue weighted by molar-refractivity contribution is 0.102. The van der Waals surface area contributed by atoms with Gasteiger partial charge in [0.05, 0.1) is 0 Å². The minimum absolute atomic E-state index is 0.171. The highest BCUT2D eigenvalue weighted by atomic mass is 16.1. The summed E-state index contributed by atoms with van der Waals surface area (Å²) >= 11 is 0. The van der Waals surface area contributed by atoms with Crippen molar-refractivity contribution >= 4 is 11.6 Å². The number of nitrogens with zero attached hydrogens (tertiary/aromatic N) is 2. The van der Waals surface area contributed by atoms with E-state index >= 15 is 0 Å². The highest BCUT2D eigenvalue weighted by Gasteiger charge is 2.13. The molecule has 19 heavy (non-hydrogen) atoms. The zero-order valence-corrected chi connectivity index (χ0v) is 11.8. The second-order valence-electron chi connectivity index (χ2n) is 5.07. The third kappa shape index (κ3) is 3.02. The van der Waals surface area contributed by atoms with Crippen molar-refractivity contribution in [2.45, 2.75) is 26.7 Å². The molecule has 0 aliphatic rings. The number of amides is 1. The van der Waals surface area contributed by atoms with Crippen molar-refractivity contribution in [3.8, 4) is 0 Å². The first-order valence-corrected chi connectivity index (χ1v) is 6.39. The van der Waals surface area contributed by atoms with E-state index in [1.165, 1.54) is 5.56 Å². The lowest BCUT2D eigenvalue weighted by atomic mass is 10.0. The zero-order chi connectivity index (χ0) is 14.0.